The van der Waals surface area contributed by atoms with Crippen molar-refractivity contribution >= 4 is 18.4 Å². The molecule has 0 saturated carbocycles. The van der Waals surface area contributed by atoms with Gasteiger partial charge in [0.15, 0.2) is 4.77 Å². The summed E-state index contributed by atoms with van der Waals surface area (Å²) in [5.74, 6) is -0.241. The van der Waals surface area contributed by atoms with Gasteiger partial charge in [-0.2, -0.15) is 5.10 Å². The van der Waals surface area contributed by atoms with Crippen LogP contribution in [0.3, 0.4) is 0 Å². The van der Waals surface area contributed by atoms with Gasteiger partial charge in [-0.05, 0) is 37.4 Å². The Morgan fingerprint density at radius 1 is 1.32 bits per heavy atom. The van der Waals surface area contributed by atoms with E-state index >= 15 is 0 Å². The van der Waals surface area contributed by atoms with E-state index in [9.17, 15) is 9.90 Å². The number of nitrogens with one attached hydrogen (secondary N) is 2. The Balaban J connectivity index is 2.20. The molecule has 0 amide bonds. The topological polar surface area (TPSA) is 85.7 Å². The number of nitrogens with zero attached hydrogens (tertiary/aromatic N) is 3. The molecule has 0 unspecified atom stereocenters. The number of aromatic amines is 1. The van der Waals surface area contributed by atoms with E-state index in [1.54, 1.807) is 12.1 Å². The van der Waals surface area contributed by atoms with Crippen LogP contribution < -0.4 is 11.0 Å². The Hall–Kier alpha value is -2.45. The minimum atomic E-state index is -0.482. The van der Waals surface area contributed by atoms with Gasteiger partial charge >= 0.3 is 0 Å². The smallest absolute Gasteiger partial charge is 0.264 e. The lowest BCUT2D eigenvalue weighted by Crippen LogP contribution is -2.30. The van der Waals surface area contributed by atoms with Crippen LogP contribution in [0.4, 0.5) is 0 Å². The predicted molar refractivity (Wildman–Crippen MR) is 102 cm³/mol. The minimum Gasteiger partial charge on any atom is -0.494 e. The molecule has 0 spiro atoms. The van der Waals surface area contributed by atoms with Crippen molar-refractivity contribution in [3.8, 4) is 11.6 Å². The van der Waals surface area contributed by atoms with Gasteiger partial charge in [-0.15, -0.1) is 0 Å². The van der Waals surface area contributed by atoms with Crippen LogP contribution >= 0.6 is 12.2 Å². The van der Waals surface area contributed by atoms with E-state index < -0.39 is 5.56 Å². The van der Waals surface area contributed by atoms with Crippen LogP contribution in [0.1, 0.15) is 19.4 Å². The molecule has 0 bridgehead atoms. The van der Waals surface area contributed by atoms with Gasteiger partial charge in [-0.3, -0.25) is 14.3 Å². The van der Waals surface area contributed by atoms with Gasteiger partial charge in [0.1, 0.15) is 5.56 Å². The highest BCUT2D eigenvalue weighted by Crippen LogP contribution is 2.17. The highest BCUT2D eigenvalue weighted by atomic mass is 32.1. The largest absolute Gasteiger partial charge is 0.494 e. The number of aromatic hydroxyl groups is 1. The molecule has 0 saturated heterocycles. The standard InChI is InChI=1S/C17H23N5O2S/c1-3-21(4-2)11-10-18-19-12-14-15(23)20-17(25)22(16(14)24)13-8-6-5-7-9-13/h5-9,12,18,24H,3-4,10-11H2,1-2H3,(H,20,23,25). The number of rotatable bonds is 8. The SMILES string of the molecule is CCN(CC)CCNN=Cc1c(O)n(-c2ccccc2)c(=S)[nH]c1=O. The summed E-state index contributed by atoms with van der Waals surface area (Å²) in [7, 11) is 0. The first-order chi connectivity index (χ1) is 12.1. The predicted octanol–water partition coefficient (Wildman–Crippen LogP) is 1.87. The van der Waals surface area contributed by atoms with Crippen molar-refractivity contribution in [1.82, 2.24) is 19.9 Å². The van der Waals surface area contributed by atoms with Crippen LogP contribution in [0.25, 0.3) is 5.69 Å². The molecule has 0 atom stereocenters. The van der Waals surface area contributed by atoms with Crippen molar-refractivity contribution in [2.45, 2.75) is 13.8 Å². The van der Waals surface area contributed by atoms with Gasteiger partial charge in [0.2, 0.25) is 5.88 Å². The van der Waals surface area contributed by atoms with E-state index in [-0.39, 0.29) is 16.2 Å². The third-order valence-electron chi connectivity index (χ3n) is 3.85. The van der Waals surface area contributed by atoms with Crippen LogP contribution in [-0.4, -0.2) is 52.0 Å². The van der Waals surface area contributed by atoms with Gasteiger partial charge in [-0.25, -0.2) is 0 Å². The van der Waals surface area contributed by atoms with Crippen molar-refractivity contribution in [1.29, 1.82) is 0 Å². The fourth-order valence-corrected chi connectivity index (χ4v) is 2.68. The van der Waals surface area contributed by atoms with Crippen molar-refractivity contribution in [3.05, 3.63) is 51.0 Å². The fourth-order valence-electron chi connectivity index (χ4n) is 2.39. The quantitative estimate of drug-likeness (QED) is 0.289. The number of hydrogen-bond acceptors (Lipinski definition) is 6. The Morgan fingerprint density at radius 2 is 2.00 bits per heavy atom. The molecule has 0 fully saturated rings. The molecule has 3 N–H and O–H groups in total. The number of para-hydroxylation sites is 1. The van der Waals surface area contributed by atoms with Crippen molar-refractivity contribution < 1.29 is 5.11 Å². The Bertz CT molecular complexity index is 825. The first kappa shape index (κ1) is 18.9. The van der Waals surface area contributed by atoms with Crippen LogP contribution in [0.5, 0.6) is 5.88 Å². The normalized spacial score (nSPS) is 11.3. The maximum absolute atomic E-state index is 12.1. The molecule has 8 heteroatoms. The second-order valence-electron chi connectivity index (χ2n) is 5.36. The van der Waals surface area contributed by atoms with E-state index in [1.165, 1.54) is 10.8 Å². The lowest BCUT2D eigenvalue weighted by molar-refractivity contribution is 0.303. The number of hydrogen-bond donors (Lipinski definition) is 3. The number of aromatic nitrogens is 2. The third kappa shape index (κ3) is 4.77. The lowest BCUT2D eigenvalue weighted by Gasteiger charge is -2.17. The molecule has 0 radical (unpaired) electrons. The van der Waals surface area contributed by atoms with Crippen LogP contribution in [0.15, 0.2) is 40.2 Å². The van der Waals surface area contributed by atoms with Crippen LogP contribution in [0.2, 0.25) is 0 Å². The van der Waals surface area contributed by atoms with Crippen molar-refractivity contribution in [2.24, 2.45) is 5.10 Å². The van der Waals surface area contributed by atoms with Gasteiger partial charge in [0.05, 0.1) is 11.9 Å². The second kappa shape index (κ2) is 9.14. The maximum Gasteiger partial charge on any atom is 0.264 e. The molecule has 25 heavy (non-hydrogen) atoms. The Morgan fingerprint density at radius 3 is 2.64 bits per heavy atom. The number of hydrazone groups is 1. The average molecular weight is 361 g/mol. The Labute approximate surface area is 151 Å². The zero-order valence-electron chi connectivity index (χ0n) is 14.4. The average Bonchev–Trinajstić information content (AvgIpc) is 2.61. The molecule has 2 rings (SSSR count). The molecule has 7 nitrogen and oxygen atoms in total. The zero-order valence-corrected chi connectivity index (χ0v) is 15.2. The fraction of sp³-hybridized carbons (Fsp3) is 0.353. The van der Waals surface area contributed by atoms with Gasteiger partial charge in [-0.1, -0.05) is 32.0 Å². The molecule has 2 aromatic rings. The van der Waals surface area contributed by atoms with E-state index in [2.05, 4.69) is 34.3 Å². The number of likely N-dealkylation sites (N-methyl/N-ethyl adjacent to an activating group) is 1. The summed E-state index contributed by atoms with van der Waals surface area (Å²) in [6.07, 6.45) is 1.31. The molecule has 0 aliphatic carbocycles. The van der Waals surface area contributed by atoms with Gasteiger partial charge < -0.3 is 15.4 Å². The van der Waals surface area contributed by atoms with E-state index in [1.807, 2.05) is 18.2 Å². The molecule has 1 aromatic carbocycles. The second-order valence-corrected chi connectivity index (χ2v) is 5.75. The zero-order chi connectivity index (χ0) is 18.2. The third-order valence-corrected chi connectivity index (χ3v) is 4.14. The van der Waals surface area contributed by atoms with E-state index in [4.69, 9.17) is 12.2 Å². The summed E-state index contributed by atoms with van der Waals surface area (Å²) in [5.41, 5.74) is 3.11. The molecule has 1 aromatic heterocycles. The lowest BCUT2D eigenvalue weighted by atomic mass is 10.3. The number of H-pyrrole nitrogens is 1. The molecule has 1 heterocycles. The molecule has 134 valence electrons. The first-order valence-electron chi connectivity index (χ1n) is 8.20. The first-order valence-corrected chi connectivity index (χ1v) is 8.61. The summed E-state index contributed by atoms with van der Waals surface area (Å²) in [5, 5.41) is 14.5. The van der Waals surface area contributed by atoms with Crippen LogP contribution in [0, 0.1) is 4.77 Å². The summed E-state index contributed by atoms with van der Waals surface area (Å²) in [6, 6.07) is 9.08. The molecule has 0 aliphatic heterocycles. The van der Waals surface area contributed by atoms with Crippen molar-refractivity contribution in [3.63, 3.8) is 0 Å². The van der Waals surface area contributed by atoms with Crippen LogP contribution in [-0.2, 0) is 0 Å². The summed E-state index contributed by atoms with van der Waals surface area (Å²) in [4.78, 5) is 16.9. The molecule has 0 aliphatic rings. The summed E-state index contributed by atoms with van der Waals surface area (Å²) < 4.78 is 1.52. The van der Waals surface area contributed by atoms with Crippen molar-refractivity contribution in [2.75, 3.05) is 26.2 Å². The van der Waals surface area contributed by atoms with Gasteiger partial charge in [0.25, 0.3) is 5.56 Å². The Kier molecular flexibility index (Phi) is 6.91. The van der Waals surface area contributed by atoms with E-state index in [0.717, 1.165) is 19.6 Å². The minimum absolute atomic E-state index is 0.0489. The molecular formula is C17H23N5O2S. The monoisotopic (exact) mass is 361 g/mol. The summed E-state index contributed by atoms with van der Waals surface area (Å²) >= 11 is 5.16. The highest BCUT2D eigenvalue weighted by molar-refractivity contribution is 7.71. The van der Waals surface area contributed by atoms with Gasteiger partial charge in [0, 0.05) is 13.1 Å². The maximum atomic E-state index is 12.1. The number of benzene rings is 1. The highest BCUT2D eigenvalue weighted by Gasteiger charge is 2.12. The van der Waals surface area contributed by atoms with E-state index in [0.29, 0.717) is 12.2 Å². The summed E-state index contributed by atoms with van der Waals surface area (Å²) in [6.45, 7) is 7.64. The molecular weight excluding hydrogens is 338 g/mol.